The van der Waals surface area contributed by atoms with E-state index in [9.17, 15) is 4.79 Å². The molecule has 25 heavy (non-hydrogen) atoms. The van der Waals surface area contributed by atoms with Crippen LogP contribution < -0.4 is 4.74 Å². The maximum Gasteiger partial charge on any atom is 0.331 e. The molecule has 7 heteroatoms. The molecule has 1 aliphatic heterocycles. The summed E-state index contributed by atoms with van der Waals surface area (Å²) in [5, 5.41) is 8.45. The Labute approximate surface area is 149 Å². The van der Waals surface area contributed by atoms with Crippen molar-refractivity contribution in [2.75, 3.05) is 6.61 Å². The number of benzene rings is 1. The molecular weight excluding hydrogens is 344 g/mol. The van der Waals surface area contributed by atoms with Crippen LogP contribution in [0, 0.1) is 0 Å². The fourth-order valence-corrected chi connectivity index (χ4v) is 2.62. The molecule has 4 rings (SSSR count). The van der Waals surface area contributed by atoms with Crippen LogP contribution in [0.5, 0.6) is 5.75 Å². The highest BCUT2D eigenvalue weighted by molar-refractivity contribution is 6.30. The van der Waals surface area contributed by atoms with Crippen LogP contribution in [0.25, 0.3) is 6.08 Å². The lowest BCUT2D eigenvalue weighted by Gasteiger charge is -2.16. The van der Waals surface area contributed by atoms with Gasteiger partial charge in [0.25, 0.3) is 5.89 Å². The van der Waals surface area contributed by atoms with E-state index in [0.717, 1.165) is 29.7 Å². The molecule has 128 valence electrons. The molecule has 6 nitrogen and oxygen atoms in total. The van der Waals surface area contributed by atoms with Crippen LogP contribution >= 0.6 is 11.6 Å². The normalized spacial score (nSPS) is 16.3. The van der Waals surface area contributed by atoms with E-state index in [2.05, 4.69) is 10.2 Å². The van der Waals surface area contributed by atoms with Crippen molar-refractivity contribution >= 4 is 23.6 Å². The molecule has 0 N–H and O–H groups in total. The number of carbonyl (C=O) groups excluding carboxylic acids is 1. The molecule has 2 aliphatic rings. The number of esters is 1. The number of hydrogen-bond acceptors (Lipinski definition) is 6. The summed E-state index contributed by atoms with van der Waals surface area (Å²) in [4.78, 5) is 11.8. The van der Waals surface area contributed by atoms with E-state index in [0.29, 0.717) is 29.3 Å². The Balaban J connectivity index is 1.34. The first-order chi connectivity index (χ1) is 12.2. The van der Waals surface area contributed by atoms with Gasteiger partial charge in [-0.1, -0.05) is 11.6 Å². The minimum Gasteiger partial charge on any atom is -0.488 e. The first kappa shape index (κ1) is 15.9. The number of rotatable bonds is 5. The number of carbonyl (C=O) groups is 1. The van der Waals surface area contributed by atoms with Crippen LogP contribution in [0.2, 0.25) is 5.02 Å². The van der Waals surface area contributed by atoms with Gasteiger partial charge in [0.2, 0.25) is 5.89 Å². The molecule has 0 radical (unpaired) electrons. The maximum atomic E-state index is 11.8. The number of halogens is 1. The summed E-state index contributed by atoms with van der Waals surface area (Å²) in [6, 6.07) is 5.41. The van der Waals surface area contributed by atoms with E-state index in [1.54, 1.807) is 12.1 Å². The highest BCUT2D eigenvalue weighted by atomic mass is 35.5. The lowest BCUT2D eigenvalue weighted by atomic mass is 10.1. The molecule has 0 bridgehead atoms. The summed E-state index contributed by atoms with van der Waals surface area (Å²) in [6.07, 6.45) is 7.10. The topological polar surface area (TPSA) is 74.5 Å². The van der Waals surface area contributed by atoms with Gasteiger partial charge in [-0.3, -0.25) is 0 Å². The van der Waals surface area contributed by atoms with Crippen molar-refractivity contribution in [1.82, 2.24) is 10.2 Å². The number of nitrogens with zero attached hydrogens (tertiary/aromatic N) is 2. The zero-order valence-corrected chi connectivity index (χ0v) is 14.0. The van der Waals surface area contributed by atoms with Crippen LogP contribution in [0.1, 0.15) is 36.1 Å². The number of ether oxygens (including phenoxy) is 2. The first-order valence-electron chi connectivity index (χ1n) is 7.97. The molecule has 0 spiro atoms. The SMILES string of the molecule is O=C(/C=C/C1=Cc2cc(Cl)ccc2OC1)OCc1nnc(C2CC2)o1. The van der Waals surface area contributed by atoms with Gasteiger partial charge in [0.1, 0.15) is 12.4 Å². The van der Waals surface area contributed by atoms with Gasteiger partial charge in [0.15, 0.2) is 6.61 Å². The van der Waals surface area contributed by atoms with Crippen LogP contribution in [0.4, 0.5) is 0 Å². The maximum absolute atomic E-state index is 11.8. The number of hydrogen-bond donors (Lipinski definition) is 0. The zero-order chi connectivity index (χ0) is 17.2. The molecule has 1 saturated carbocycles. The van der Waals surface area contributed by atoms with Crippen LogP contribution in [0.3, 0.4) is 0 Å². The van der Waals surface area contributed by atoms with Gasteiger partial charge in [0, 0.05) is 22.6 Å². The molecule has 1 aliphatic carbocycles. The first-order valence-corrected chi connectivity index (χ1v) is 8.35. The van der Waals surface area contributed by atoms with Crippen molar-refractivity contribution in [2.45, 2.75) is 25.4 Å². The van der Waals surface area contributed by atoms with Gasteiger partial charge in [0.05, 0.1) is 0 Å². The van der Waals surface area contributed by atoms with Crippen LogP contribution in [-0.4, -0.2) is 22.8 Å². The minimum absolute atomic E-state index is 0.0309. The molecule has 2 heterocycles. The third-order valence-electron chi connectivity index (χ3n) is 3.89. The molecule has 1 fully saturated rings. The molecule has 1 aromatic heterocycles. The summed E-state index contributed by atoms with van der Waals surface area (Å²) in [6.45, 7) is 0.351. The predicted molar refractivity (Wildman–Crippen MR) is 90.1 cm³/mol. The van der Waals surface area contributed by atoms with Crippen molar-refractivity contribution in [3.63, 3.8) is 0 Å². The average Bonchev–Trinajstić information content (AvgIpc) is 3.36. The summed E-state index contributed by atoms with van der Waals surface area (Å²) >= 11 is 5.98. The van der Waals surface area contributed by atoms with Crippen molar-refractivity contribution in [3.8, 4) is 5.75 Å². The van der Waals surface area contributed by atoms with Crippen LogP contribution in [0.15, 0.2) is 40.3 Å². The Morgan fingerprint density at radius 1 is 1.36 bits per heavy atom. The second-order valence-electron chi connectivity index (χ2n) is 5.94. The van der Waals surface area contributed by atoms with E-state index in [4.69, 9.17) is 25.5 Å². The van der Waals surface area contributed by atoms with Crippen molar-refractivity contribution in [3.05, 3.63) is 58.3 Å². The molecule has 0 atom stereocenters. The third kappa shape index (κ3) is 3.91. The fourth-order valence-electron chi connectivity index (χ4n) is 2.44. The molecule has 1 aromatic carbocycles. The molecule has 0 amide bonds. The van der Waals surface area contributed by atoms with Gasteiger partial charge in [-0.05, 0) is 48.8 Å². The van der Waals surface area contributed by atoms with Gasteiger partial charge in [-0.2, -0.15) is 0 Å². The Morgan fingerprint density at radius 2 is 2.24 bits per heavy atom. The zero-order valence-electron chi connectivity index (χ0n) is 13.3. The van der Waals surface area contributed by atoms with E-state index in [1.807, 2.05) is 18.2 Å². The van der Waals surface area contributed by atoms with Gasteiger partial charge in [-0.15, -0.1) is 10.2 Å². The smallest absolute Gasteiger partial charge is 0.331 e. The Bertz CT molecular complexity index is 868. The van der Waals surface area contributed by atoms with E-state index < -0.39 is 5.97 Å². The fraction of sp³-hybridized carbons (Fsp3) is 0.278. The number of aromatic nitrogens is 2. The Morgan fingerprint density at radius 3 is 3.08 bits per heavy atom. The Hall–Kier alpha value is -2.60. The summed E-state index contributed by atoms with van der Waals surface area (Å²) in [7, 11) is 0. The lowest BCUT2D eigenvalue weighted by molar-refractivity contribution is -0.139. The lowest BCUT2D eigenvalue weighted by Crippen LogP contribution is -2.07. The molecule has 0 unspecified atom stereocenters. The summed E-state index contributed by atoms with van der Waals surface area (Å²) < 4.78 is 16.2. The van der Waals surface area contributed by atoms with Gasteiger partial charge >= 0.3 is 5.97 Å². The minimum atomic E-state index is -0.482. The average molecular weight is 359 g/mol. The largest absolute Gasteiger partial charge is 0.488 e. The molecule has 0 saturated heterocycles. The Kier molecular flexibility index (Phi) is 4.28. The van der Waals surface area contributed by atoms with Crippen LogP contribution in [-0.2, 0) is 16.1 Å². The molecule has 2 aromatic rings. The summed E-state index contributed by atoms with van der Waals surface area (Å²) in [5.74, 6) is 1.61. The monoisotopic (exact) mass is 358 g/mol. The standard InChI is InChI=1S/C18H15ClN2O4/c19-14-4-5-15-13(8-14)7-11(9-23-15)1-6-17(22)24-10-16-20-21-18(25-16)12-2-3-12/h1,4-8,12H,2-3,9-10H2/b6-1+. The predicted octanol–water partition coefficient (Wildman–Crippen LogP) is 3.68. The van der Waals surface area contributed by atoms with Crippen molar-refractivity contribution in [1.29, 1.82) is 0 Å². The summed E-state index contributed by atoms with van der Waals surface area (Å²) in [5.41, 5.74) is 1.73. The second kappa shape index (κ2) is 6.72. The highest BCUT2D eigenvalue weighted by Crippen LogP contribution is 2.39. The van der Waals surface area contributed by atoms with Gasteiger partial charge < -0.3 is 13.9 Å². The molecular formula is C18H15ClN2O4. The van der Waals surface area contributed by atoms with Crippen molar-refractivity contribution < 1.29 is 18.7 Å². The van der Waals surface area contributed by atoms with E-state index in [1.165, 1.54) is 6.08 Å². The van der Waals surface area contributed by atoms with E-state index in [-0.39, 0.29) is 6.61 Å². The van der Waals surface area contributed by atoms with Crippen molar-refractivity contribution in [2.24, 2.45) is 0 Å². The van der Waals surface area contributed by atoms with E-state index >= 15 is 0 Å². The number of fused-ring (bicyclic) bond motifs is 1. The van der Waals surface area contributed by atoms with Gasteiger partial charge in [-0.25, -0.2) is 4.79 Å². The third-order valence-corrected chi connectivity index (χ3v) is 4.12. The second-order valence-corrected chi connectivity index (χ2v) is 6.38. The quantitative estimate of drug-likeness (QED) is 0.599. The highest BCUT2D eigenvalue weighted by Gasteiger charge is 2.29.